The van der Waals surface area contributed by atoms with E-state index in [-0.39, 0.29) is 0 Å². The minimum absolute atomic E-state index is 0.653. The number of aryl methyl sites for hydroxylation is 2. The van der Waals surface area contributed by atoms with Gasteiger partial charge in [-0.2, -0.15) is 0 Å². The van der Waals surface area contributed by atoms with Gasteiger partial charge >= 0.3 is 0 Å². The van der Waals surface area contributed by atoms with Gasteiger partial charge in [0.25, 0.3) is 0 Å². The maximum Gasteiger partial charge on any atom is 0.0104 e. The molecule has 96 valence electrons. The summed E-state index contributed by atoms with van der Waals surface area (Å²) in [6.45, 7) is 6.61. The van der Waals surface area contributed by atoms with Gasteiger partial charge in [0.1, 0.15) is 0 Å². The van der Waals surface area contributed by atoms with Crippen molar-refractivity contribution in [2.75, 3.05) is 12.8 Å². The van der Waals surface area contributed by atoms with Crippen molar-refractivity contribution in [3.05, 3.63) is 29.3 Å². The third kappa shape index (κ3) is 5.60. The van der Waals surface area contributed by atoms with E-state index >= 15 is 0 Å². The first-order chi connectivity index (χ1) is 8.13. The van der Waals surface area contributed by atoms with Gasteiger partial charge in [-0.3, -0.25) is 0 Å². The molecule has 1 aromatic carbocycles. The predicted molar refractivity (Wildman–Crippen MR) is 79.0 cm³/mol. The van der Waals surface area contributed by atoms with Crippen molar-refractivity contribution in [3.63, 3.8) is 0 Å². The fourth-order valence-electron chi connectivity index (χ4n) is 1.74. The third-order valence-corrected chi connectivity index (χ3v) is 4.37. The fourth-order valence-corrected chi connectivity index (χ4v) is 2.88. The number of thioether (sulfide) groups is 1. The molecule has 2 heteroatoms. The summed E-state index contributed by atoms with van der Waals surface area (Å²) in [7, 11) is 2.04. The third-order valence-electron chi connectivity index (χ3n) is 3.13. The second-order valence-electron chi connectivity index (χ2n) is 4.80. The topological polar surface area (TPSA) is 12.0 Å². The molecule has 17 heavy (non-hydrogen) atoms. The molecule has 0 bridgehead atoms. The average molecular weight is 251 g/mol. The van der Waals surface area contributed by atoms with Crippen LogP contribution in [0.5, 0.6) is 0 Å². The van der Waals surface area contributed by atoms with Crippen LogP contribution in [0.2, 0.25) is 0 Å². The number of rotatable bonds is 7. The zero-order valence-corrected chi connectivity index (χ0v) is 12.4. The molecule has 0 aliphatic carbocycles. The van der Waals surface area contributed by atoms with Gasteiger partial charge < -0.3 is 5.32 Å². The second kappa shape index (κ2) is 7.78. The molecule has 0 aliphatic heterocycles. The molecule has 0 radical (unpaired) electrons. The van der Waals surface area contributed by atoms with E-state index in [1.807, 2.05) is 18.8 Å². The Morgan fingerprint density at radius 3 is 2.71 bits per heavy atom. The number of unbranched alkanes of at least 4 members (excludes halogenated alkanes) is 1. The van der Waals surface area contributed by atoms with Crippen molar-refractivity contribution in [2.45, 2.75) is 51.0 Å². The van der Waals surface area contributed by atoms with Gasteiger partial charge in [0.15, 0.2) is 0 Å². The van der Waals surface area contributed by atoms with E-state index in [1.54, 1.807) is 0 Å². The highest BCUT2D eigenvalue weighted by atomic mass is 32.2. The highest BCUT2D eigenvalue weighted by Crippen LogP contribution is 2.24. The summed E-state index contributed by atoms with van der Waals surface area (Å²) >= 11 is 2.00. The largest absolute Gasteiger partial charge is 0.317 e. The Balaban J connectivity index is 2.24. The first-order valence-corrected chi connectivity index (χ1v) is 7.49. The number of benzene rings is 1. The minimum Gasteiger partial charge on any atom is -0.317 e. The van der Waals surface area contributed by atoms with Crippen LogP contribution in [0.1, 0.15) is 37.3 Å². The van der Waals surface area contributed by atoms with Crippen LogP contribution in [0.25, 0.3) is 0 Å². The van der Waals surface area contributed by atoms with Crippen molar-refractivity contribution in [2.24, 2.45) is 0 Å². The predicted octanol–water partition coefficient (Wildman–Crippen LogP) is 4.17. The molecule has 1 aromatic rings. The molecular formula is C15H25NS. The summed E-state index contributed by atoms with van der Waals surface area (Å²) < 4.78 is 0. The maximum absolute atomic E-state index is 3.28. The summed E-state index contributed by atoms with van der Waals surface area (Å²) in [5.74, 6) is 1.24. The fraction of sp³-hybridized carbons (Fsp3) is 0.600. The molecule has 0 saturated heterocycles. The Morgan fingerprint density at radius 2 is 2.00 bits per heavy atom. The smallest absolute Gasteiger partial charge is 0.0104 e. The highest BCUT2D eigenvalue weighted by Gasteiger charge is 2.01. The molecule has 1 rings (SSSR count). The molecule has 0 aromatic heterocycles. The van der Waals surface area contributed by atoms with Crippen LogP contribution in [0.4, 0.5) is 0 Å². The molecule has 0 saturated carbocycles. The van der Waals surface area contributed by atoms with Gasteiger partial charge in [0.2, 0.25) is 0 Å². The van der Waals surface area contributed by atoms with Crippen LogP contribution in [0.3, 0.4) is 0 Å². The molecule has 1 unspecified atom stereocenters. The van der Waals surface area contributed by atoms with E-state index < -0.39 is 0 Å². The van der Waals surface area contributed by atoms with Crippen LogP contribution in [0, 0.1) is 13.8 Å². The first kappa shape index (κ1) is 14.6. The van der Waals surface area contributed by atoms with Gasteiger partial charge in [-0.15, -0.1) is 11.8 Å². The standard InChI is InChI=1S/C15H25NS/c1-12-8-9-13(2)15(11-12)17-10-6-5-7-14(3)16-4/h8-9,11,14,16H,5-7,10H2,1-4H3. The van der Waals surface area contributed by atoms with Crippen molar-refractivity contribution >= 4 is 11.8 Å². The molecule has 0 spiro atoms. The van der Waals surface area contributed by atoms with Crippen LogP contribution in [0.15, 0.2) is 23.1 Å². The number of nitrogens with one attached hydrogen (secondary N) is 1. The van der Waals surface area contributed by atoms with E-state index in [1.165, 1.54) is 41.0 Å². The molecule has 0 fully saturated rings. The van der Waals surface area contributed by atoms with Crippen molar-refractivity contribution in [3.8, 4) is 0 Å². The molecule has 1 nitrogen and oxygen atoms in total. The summed E-state index contributed by atoms with van der Waals surface area (Å²) in [5.41, 5.74) is 2.77. The Labute approximate surface area is 110 Å². The zero-order valence-electron chi connectivity index (χ0n) is 11.5. The average Bonchev–Trinajstić information content (AvgIpc) is 2.32. The van der Waals surface area contributed by atoms with Crippen molar-refractivity contribution < 1.29 is 0 Å². The van der Waals surface area contributed by atoms with Crippen LogP contribution in [-0.4, -0.2) is 18.8 Å². The van der Waals surface area contributed by atoms with Gasteiger partial charge in [-0.1, -0.05) is 24.1 Å². The Bertz CT molecular complexity index is 336. The highest BCUT2D eigenvalue weighted by molar-refractivity contribution is 7.99. The summed E-state index contributed by atoms with van der Waals surface area (Å²) in [6, 6.07) is 7.37. The number of hydrogen-bond donors (Lipinski definition) is 1. The summed E-state index contributed by atoms with van der Waals surface area (Å²) in [4.78, 5) is 1.45. The Morgan fingerprint density at radius 1 is 1.24 bits per heavy atom. The zero-order chi connectivity index (χ0) is 12.7. The van der Waals surface area contributed by atoms with Crippen molar-refractivity contribution in [1.29, 1.82) is 0 Å². The lowest BCUT2D eigenvalue weighted by atomic mass is 10.1. The normalized spacial score (nSPS) is 12.7. The lowest BCUT2D eigenvalue weighted by Gasteiger charge is -2.10. The molecule has 0 amide bonds. The van der Waals surface area contributed by atoms with Gasteiger partial charge in [-0.05, 0) is 58.0 Å². The van der Waals surface area contributed by atoms with Gasteiger partial charge in [0, 0.05) is 10.9 Å². The molecule has 0 aliphatic rings. The molecule has 0 heterocycles. The second-order valence-corrected chi connectivity index (χ2v) is 5.94. The lowest BCUT2D eigenvalue weighted by Crippen LogP contribution is -2.20. The molecule has 1 atom stereocenters. The first-order valence-electron chi connectivity index (χ1n) is 6.51. The van der Waals surface area contributed by atoms with E-state index in [0.717, 1.165) is 0 Å². The van der Waals surface area contributed by atoms with Crippen molar-refractivity contribution in [1.82, 2.24) is 5.32 Å². The van der Waals surface area contributed by atoms with E-state index in [0.29, 0.717) is 6.04 Å². The van der Waals surface area contributed by atoms with E-state index in [9.17, 15) is 0 Å². The summed E-state index contributed by atoms with van der Waals surface area (Å²) in [5, 5.41) is 3.28. The quantitative estimate of drug-likeness (QED) is 0.576. The van der Waals surface area contributed by atoms with E-state index in [4.69, 9.17) is 0 Å². The van der Waals surface area contributed by atoms with Gasteiger partial charge in [0.05, 0.1) is 0 Å². The number of hydrogen-bond acceptors (Lipinski definition) is 2. The SMILES string of the molecule is CNC(C)CCCCSc1cc(C)ccc1C. The lowest BCUT2D eigenvalue weighted by molar-refractivity contribution is 0.539. The monoisotopic (exact) mass is 251 g/mol. The van der Waals surface area contributed by atoms with Gasteiger partial charge in [-0.25, -0.2) is 0 Å². The maximum atomic E-state index is 3.28. The van der Waals surface area contributed by atoms with E-state index in [2.05, 4.69) is 44.3 Å². The Kier molecular flexibility index (Phi) is 6.68. The molecular weight excluding hydrogens is 226 g/mol. The van der Waals surface area contributed by atoms with Crippen LogP contribution in [-0.2, 0) is 0 Å². The van der Waals surface area contributed by atoms with Crippen LogP contribution < -0.4 is 5.32 Å². The van der Waals surface area contributed by atoms with Crippen LogP contribution >= 0.6 is 11.8 Å². The Hall–Kier alpha value is -0.470. The molecule has 1 N–H and O–H groups in total. The summed E-state index contributed by atoms with van der Waals surface area (Å²) in [6.07, 6.45) is 3.91. The minimum atomic E-state index is 0.653.